The Labute approximate surface area is 169 Å². The largest absolute Gasteiger partial charge is 0.352 e. The van der Waals surface area contributed by atoms with Crippen LogP contribution in [0.5, 0.6) is 0 Å². The molecule has 0 aliphatic carbocycles. The molecule has 2 aromatic heterocycles. The summed E-state index contributed by atoms with van der Waals surface area (Å²) in [5.41, 5.74) is 1.14. The van der Waals surface area contributed by atoms with E-state index >= 15 is 0 Å². The van der Waals surface area contributed by atoms with Crippen molar-refractivity contribution < 1.29 is 8.42 Å². The van der Waals surface area contributed by atoms with Gasteiger partial charge in [-0.3, -0.25) is 0 Å². The van der Waals surface area contributed by atoms with Crippen molar-refractivity contribution in [3.8, 4) is 0 Å². The molecule has 0 radical (unpaired) electrons. The van der Waals surface area contributed by atoms with E-state index in [1.54, 1.807) is 30.5 Å². The summed E-state index contributed by atoms with van der Waals surface area (Å²) >= 11 is 6.05. The van der Waals surface area contributed by atoms with Gasteiger partial charge in [-0.2, -0.15) is 0 Å². The Hall–Kier alpha value is -2.16. The standard InChI is InChI=1S/C19H22ClN5O2S/c1-13(2)18-23-17-16(6-7-22-19(17)24-10-8-21-9-11-24)25(18)28(26,27)15-5-3-4-14(20)12-15/h3-7,12-13,21H,8-11H2,1-2H3. The predicted octanol–water partition coefficient (Wildman–Crippen LogP) is 2.85. The van der Waals surface area contributed by atoms with Gasteiger partial charge in [-0.05, 0) is 24.3 Å². The molecule has 1 N–H and O–H groups in total. The summed E-state index contributed by atoms with van der Waals surface area (Å²) in [5.74, 6) is 1.12. The summed E-state index contributed by atoms with van der Waals surface area (Å²) in [5, 5.41) is 3.69. The third-order valence-corrected chi connectivity index (χ3v) is 6.75. The second-order valence-electron chi connectivity index (χ2n) is 7.09. The first-order valence-electron chi connectivity index (χ1n) is 9.24. The molecule has 4 rings (SSSR count). The molecule has 0 atom stereocenters. The third-order valence-electron chi connectivity index (χ3n) is 4.80. The van der Waals surface area contributed by atoms with Crippen molar-refractivity contribution in [1.82, 2.24) is 19.3 Å². The lowest BCUT2D eigenvalue weighted by Crippen LogP contribution is -2.44. The maximum atomic E-state index is 13.5. The van der Waals surface area contributed by atoms with Gasteiger partial charge in [-0.15, -0.1) is 0 Å². The Kier molecular flexibility index (Phi) is 5.03. The molecule has 0 unspecified atom stereocenters. The molecule has 148 valence electrons. The molecule has 0 bridgehead atoms. The van der Waals surface area contributed by atoms with Gasteiger partial charge in [-0.25, -0.2) is 22.4 Å². The molecule has 7 nitrogen and oxygen atoms in total. The van der Waals surface area contributed by atoms with Crippen LogP contribution >= 0.6 is 11.6 Å². The lowest BCUT2D eigenvalue weighted by atomic mass is 10.2. The number of anilines is 1. The number of rotatable bonds is 4. The van der Waals surface area contributed by atoms with Crippen LogP contribution in [0.4, 0.5) is 5.82 Å². The van der Waals surface area contributed by atoms with Gasteiger partial charge in [0.2, 0.25) is 0 Å². The van der Waals surface area contributed by atoms with Gasteiger partial charge in [-0.1, -0.05) is 31.5 Å². The lowest BCUT2D eigenvalue weighted by Gasteiger charge is -2.28. The van der Waals surface area contributed by atoms with Crippen LogP contribution in [0.3, 0.4) is 0 Å². The fourth-order valence-corrected chi connectivity index (χ4v) is 5.34. The highest BCUT2D eigenvalue weighted by atomic mass is 35.5. The van der Waals surface area contributed by atoms with E-state index in [0.717, 1.165) is 32.0 Å². The molecule has 28 heavy (non-hydrogen) atoms. The van der Waals surface area contributed by atoms with E-state index in [2.05, 4.69) is 15.2 Å². The van der Waals surface area contributed by atoms with Crippen molar-refractivity contribution in [2.45, 2.75) is 24.7 Å². The molecule has 1 aliphatic rings. The number of nitrogens with one attached hydrogen (secondary N) is 1. The van der Waals surface area contributed by atoms with Crippen molar-refractivity contribution in [3.63, 3.8) is 0 Å². The van der Waals surface area contributed by atoms with Crippen molar-refractivity contribution in [3.05, 3.63) is 47.4 Å². The van der Waals surface area contributed by atoms with Crippen LogP contribution in [0.25, 0.3) is 11.0 Å². The quantitative estimate of drug-likeness (QED) is 0.700. The van der Waals surface area contributed by atoms with Gasteiger partial charge in [0.15, 0.2) is 5.82 Å². The second kappa shape index (κ2) is 7.35. The highest BCUT2D eigenvalue weighted by Gasteiger charge is 2.28. The minimum atomic E-state index is -3.86. The molecule has 0 spiro atoms. The lowest BCUT2D eigenvalue weighted by molar-refractivity contribution is 0.583. The molecule has 9 heteroatoms. The van der Waals surface area contributed by atoms with Gasteiger partial charge >= 0.3 is 0 Å². The molecule has 1 saturated heterocycles. The fraction of sp³-hybridized carbons (Fsp3) is 0.368. The number of benzene rings is 1. The Balaban J connectivity index is 1.96. The van der Waals surface area contributed by atoms with Crippen LogP contribution in [0.1, 0.15) is 25.6 Å². The average molecular weight is 420 g/mol. The average Bonchev–Trinajstić information content (AvgIpc) is 3.09. The van der Waals surface area contributed by atoms with E-state index in [1.165, 1.54) is 10.0 Å². The van der Waals surface area contributed by atoms with E-state index in [0.29, 0.717) is 21.9 Å². The number of aromatic nitrogens is 3. The van der Waals surface area contributed by atoms with Crippen LogP contribution in [-0.2, 0) is 10.0 Å². The monoisotopic (exact) mass is 419 g/mol. The van der Waals surface area contributed by atoms with Crippen molar-refractivity contribution >= 4 is 38.5 Å². The molecular weight excluding hydrogens is 398 g/mol. The number of hydrogen-bond donors (Lipinski definition) is 1. The van der Waals surface area contributed by atoms with Crippen LogP contribution in [0, 0.1) is 0 Å². The molecule has 3 aromatic rings. The second-order valence-corrected chi connectivity index (χ2v) is 9.31. The topological polar surface area (TPSA) is 80.1 Å². The molecule has 1 aliphatic heterocycles. The van der Waals surface area contributed by atoms with Gasteiger partial charge in [0, 0.05) is 43.3 Å². The first-order valence-corrected chi connectivity index (χ1v) is 11.1. The molecule has 1 aromatic carbocycles. The first-order chi connectivity index (χ1) is 13.4. The van der Waals surface area contributed by atoms with Crippen LogP contribution in [0.2, 0.25) is 5.02 Å². The van der Waals surface area contributed by atoms with E-state index in [-0.39, 0.29) is 10.8 Å². The number of hydrogen-bond acceptors (Lipinski definition) is 6. The number of halogens is 1. The van der Waals surface area contributed by atoms with Gasteiger partial charge in [0.1, 0.15) is 11.3 Å². The minimum absolute atomic E-state index is 0.0859. The van der Waals surface area contributed by atoms with Gasteiger partial charge in [0.25, 0.3) is 10.0 Å². The van der Waals surface area contributed by atoms with Crippen LogP contribution in [-0.4, -0.2) is 48.5 Å². The SMILES string of the molecule is CC(C)c1nc2c(N3CCNCC3)nccc2n1S(=O)(=O)c1cccc(Cl)c1. The predicted molar refractivity (Wildman–Crippen MR) is 111 cm³/mol. The third kappa shape index (κ3) is 3.25. The maximum absolute atomic E-state index is 13.5. The van der Waals surface area contributed by atoms with Gasteiger partial charge < -0.3 is 10.2 Å². The van der Waals surface area contributed by atoms with Crippen molar-refractivity contribution in [2.24, 2.45) is 0 Å². The summed E-state index contributed by atoms with van der Waals surface area (Å²) in [4.78, 5) is 11.5. The molecular formula is C19H22ClN5O2S. The van der Waals surface area contributed by atoms with Crippen molar-refractivity contribution in [2.75, 3.05) is 31.1 Å². The first kappa shape index (κ1) is 19.2. The maximum Gasteiger partial charge on any atom is 0.269 e. The molecule has 1 fully saturated rings. The Morgan fingerprint density at radius 2 is 1.93 bits per heavy atom. The van der Waals surface area contributed by atoms with Crippen molar-refractivity contribution in [1.29, 1.82) is 0 Å². The van der Waals surface area contributed by atoms with Crippen LogP contribution in [0.15, 0.2) is 41.4 Å². The van der Waals surface area contributed by atoms with E-state index < -0.39 is 10.0 Å². The summed E-state index contributed by atoms with van der Waals surface area (Å²) < 4.78 is 28.3. The zero-order valence-electron chi connectivity index (χ0n) is 15.8. The summed E-state index contributed by atoms with van der Waals surface area (Å²) in [7, 11) is -3.86. The molecule has 0 amide bonds. The fourth-order valence-electron chi connectivity index (χ4n) is 3.44. The van der Waals surface area contributed by atoms with Crippen LogP contribution < -0.4 is 10.2 Å². The van der Waals surface area contributed by atoms with Gasteiger partial charge in [0.05, 0.1) is 10.4 Å². The van der Waals surface area contributed by atoms with E-state index in [4.69, 9.17) is 16.6 Å². The number of imidazole rings is 1. The highest BCUT2D eigenvalue weighted by molar-refractivity contribution is 7.90. The Morgan fingerprint density at radius 1 is 1.18 bits per heavy atom. The van der Waals surface area contributed by atoms with E-state index in [9.17, 15) is 8.42 Å². The number of fused-ring (bicyclic) bond motifs is 1. The molecule has 3 heterocycles. The zero-order chi connectivity index (χ0) is 19.9. The number of piperazine rings is 1. The normalized spacial score (nSPS) is 15.5. The number of pyridine rings is 1. The molecule has 0 saturated carbocycles. The summed E-state index contributed by atoms with van der Waals surface area (Å²) in [6, 6.07) is 8.02. The Bertz CT molecular complexity index is 1120. The smallest absolute Gasteiger partial charge is 0.269 e. The summed E-state index contributed by atoms with van der Waals surface area (Å²) in [6.45, 7) is 7.19. The van der Waals surface area contributed by atoms with E-state index in [1.807, 2.05) is 13.8 Å². The highest BCUT2D eigenvalue weighted by Crippen LogP contribution is 2.31. The minimum Gasteiger partial charge on any atom is -0.352 e. The number of nitrogens with zero attached hydrogens (tertiary/aromatic N) is 4. The Morgan fingerprint density at radius 3 is 2.61 bits per heavy atom. The zero-order valence-corrected chi connectivity index (χ0v) is 17.3. The summed E-state index contributed by atoms with van der Waals surface area (Å²) in [6.07, 6.45) is 1.65.